The van der Waals surface area contributed by atoms with Crippen LogP contribution in [-0.4, -0.2) is 72.3 Å². The van der Waals surface area contributed by atoms with Gasteiger partial charge in [-0.05, 0) is 30.3 Å². The Morgan fingerprint density at radius 3 is 2.43 bits per heavy atom. The van der Waals surface area contributed by atoms with Crippen LogP contribution in [0.4, 0.5) is 11.4 Å². The van der Waals surface area contributed by atoms with Gasteiger partial charge in [0.1, 0.15) is 24.9 Å². The fraction of sp³-hybridized carbons (Fsp3) is 0.412. The Morgan fingerprint density at radius 2 is 1.70 bits per heavy atom. The van der Waals surface area contributed by atoms with Gasteiger partial charge in [-0.1, -0.05) is 72.6 Å². The summed E-state index contributed by atoms with van der Waals surface area (Å²) in [6.45, 7) is 13.1. The van der Waals surface area contributed by atoms with Gasteiger partial charge in [0, 0.05) is 48.6 Å². The number of Topliss-reactive ketones (excluding diaryl/α,β-unsaturated/α-hetero) is 1. The zero-order valence-corrected chi connectivity index (χ0v) is 26.8. The molecule has 2 amide bonds. The Morgan fingerprint density at radius 1 is 0.977 bits per heavy atom. The summed E-state index contributed by atoms with van der Waals surface area (Å²) in [4.78, 5) is 55.0. The van der Waals surface area contributed by atoms with E-state index in [1.54, 1.807) is 41.6 Å². The molecule has 5 rings (SSSR count). The molecule has 3 aliphatic heterocycles. The van der Waals surface area contributed by atoms with Crippen LogP contribution >= 0.6 is 0 Å². The molecule has 0 aromatic heterocycles. The van der Waals surface area contributed by atoms with E-state index < -0.39 is 5.91 Å². The van der Waals surface area contributed by atoms with Gasteiger partial charge in [0.2, 0.25) is 5.91 Å². The molecule has 0 unspecified atom stereocenters. The van der Waals surface area contributed by atoms with Crippen LogP contribution in [0.15, 0.2) is 63.5 Å². The first-order chi connectivity index (χ1) is 21.4. The van der Waals surface area contributed by atoms with E-state index >= 15 is 0 Å². The van der Waals surface area contributed by atoms with Crippen LogP contribution in [0.1, 0.15) is 93.5 Å². The average molecular weight is 603 g/mol. The standard InChI is InChI=1S/C26H24N6O4.2C3H8.C2H6/c33-21-5-3-4-19-22(34)14-31(26(36)25(19)21)11-9-23-30-15-27-10-2-1-6-24(35)32(23)18-8-7-17-13-28-16-29-20(17)12-18;2*1-3-2;1-2/h1-5,7-8,10,12-13,29,33H,6,9,11,14-16H2;2*3H2,1-2H3;1-2H3/b2-1-,27-10-,30-23-;;;. The van der Waals surface area contributed by atoms with Crippen molar-refractivity contribution >= 4 is 47.2 Å². The molecule has 0 fully saturated rings. The summed E-state index contributed by atoms with van der Waals surface area (Å²) >= 11 is 0. The van der Waals surface area contributed by atoms with Gasteiger partial charge < -0.3 is 15.3 Å². The summed E-state index contributed by atoms with van der Waals surface area (Å²) in [5.74, 6) is -0.665. The molecule has 0 atom stereocenters. The maximum Gasteiger partial charge on any atom is 0.258 e. The first-order valence-electron chi connectivity index (χ1n) is 15.4. The highest BCUT2D eigenvalue weighted by atomic mass is 16.3. The van der Waals surface area contributed by atoms with E-state index in [0.717, 1.165) is 11.3 Å². The molecular formula is C34H46N6O4. The average Bonchev–Trinajstić information content (AvgIpc) is 3.03. The number of amides is 2. The lowest BCUT2D eigenvalue weighted by Gasteiger charge is -2.30. The van der Waals surface area contributed by atoms with Crippen LogP contribution in [0.25, 0.3) is 0 Å². The van der Waals surface area contributed by atoms with Crippen LogP contribution in [0, 0.1) is 0 Å². The number of nitrogens with one attached hydrogen (secondary N) is 1. The van der Waals surface area contributed by atoms with Gasteiger partial charge in [-0.25, -0.2) is 4.99 Å². The number of fused-ring (bicyclic) bond motifs is 2. The minimum absolute atomic E-state index is 0.00624. The lowest BCUT2D eigenvalue weighted by Crippen LogP contribution is -2.44. The molecule has 0 aliphatic carbocycles. The fourth-order valence-corrected chi connectivity index (χ4v) is 4.38. The molecule has 0 saturated heterocycles. The van der Waals surface area contributed by atoms with Crippen molar-refractivity contribution in [3.63, 3.8) is 0 Å². The number of amidine groups is 1. The summed E-state index contributed by atoms with van der Waals surface area (Å²) in [6.07, 6.45) is 9.66. The van der Waals surface area contributed by atoms with Gasteiger partial charge in [0.05, 0.1) is 17.8 Å². The Bertz CT molecular complexity index is 1390. The summed E-state index contributed by atoms with van der Waals surface area (Å²) in [7, 11) is 0. The predicted molar refractivity (Wildman–Crippen MR) is 181 cm³/mol. The highest BCUT2D eigenvalue weighted by molar-refractivity contribution is 6.18. The molecule has 0 bridgehead atoms. The second-order valence-electron chi connectivity index (χ2n) is 9.84. The number of carbonyl (C=O) groups excluding carboxylic acids is 3. The molecule has 10 heteroatoms. The number of phenols is 1. The number of anilines is 2. The lowest BCUT2D eigenvalue weighted by molar-refractivity contribution is -0.116. The highest BCUT2D eigenvalue weighted by Crippen LogP contribution is 2.29. The highest BCUT2D eigenvalue weighted by Gasteiger charge is 2.33. The van der Waals surface area contributed by atoms with E-state index in [4.69, 9.17) is 0 Å². The van der Waals surface area contributed by atoms with Crippen molar-refractivity contribution in [3.8, 4) is 5.75 Å². The number of phenolic OH excluding ortho intramolecular Hbond substituents is 1. The lowest BCUT2D eigenvalue weighted by atomic mass is 9.97. The zero-order valence-electron chi connectivity index (χ0n) is 26.8. The van der Waals surface area contributed by atoms with Crippen LogP contribution in [0.3, 0.4) is 0 Å². The van der Waals surface area contributed by atoms with Gasteiger partial charge in [-0.15, -0.1) is 0 Å². The third-order valence-corrected chi connectivity index (χ3v) is 6.13. The van der Waals surface area contributed by atoms with E-state index in [1.165, 1.54) is 23.8 Å². The van der Waals surface area contributed by atoms with Crippen molar-refractivity contribution in [3.05, 3.63) is 65.2 Å². The molecule has 0 radical (unpaired) electrons. The molecule has 2 aromatic rings. The van der Waals surface area contributed by atoms with Gasteiger partial charge in [0.25, 0.3) is 5.91 Å². The topological polar surface area (TPSA) is 127 Å². The monoisotopic (exact) mass is 602 g/mol. The molecule has 44 heavy (non-hydrogen) atoms. The second-order valence-corrected chi connectivity index (χ2v) is 9.84. The van der Waals surface area contributed by atoms with Gasteiger partial charge in [-0.2, -0.15) is 0 Å². The molecule has 2 aromatic carbocycles. The number of ketones is 1. The van der Waals surface area contributed by atoms with Crippen molar-refractivity contribution in [1.82, 2.24) is 4.90 Å². The van der Waals surface area contributed by atoms with Crippen LogP contribution in [-0.2, 0) is 4.79 Å². The van der Waals surface area contributed by atoms with E-state index in [1.807, 2.05) is 32.0 Å². The molecule has 3 aliphatic rings. The van der Waals surface area contributed by atoms with Crippen molar-refractivity contribution < 1.29 is 19.5 Å². The van der Waals surface area contributed by atoms with E-state index in [9.17, 15) is 19.5 Å². The van der Waals surface area contributed by atoms with Gasteiger partial charge in [0.15, 0.2) is 5.78 Å². The number of aromatic hydroxyl groups is 1. The third kappa shape index (κ3) is 9.45. The van der Waals surface area contributed by atoms with Crippen LogP contribution < -0.4 is 10.2 Å². The van der Waals surface area contributed by atoms with E-state index in [-0.39, 0.29) is 61.2 Å². The van der Waals surface area contributed by atoms with Crippen molar-refractivity contribution in [2.45, 2.75) is 67.2 Å². The molecule has 0 saturated carbocycles. The maximum atomic E-state index is 13.3. The largest absolute Gasteiger partial charge is 0.507 e. The first kappa shape index (κ1) is 35.6. The smallest absolute Gasteiger partial charge is 0.258 e. The number of rotatable bonds is 4. The van der Waals surface area contributed by atoms with Gasteiger partial charge in [-0.3, -0.25) is 29.3 Å². The maximum absolute atomic E-state index is 13.3. The Hall–Kier alpha value is -4.60. The molecule has 2 N–H and O–H groups in total. The number of allylic oxidation sites excluding steroid dienone is 1. The second kappa shape index (κ2) is 18.8. The summed E-state index contributed by atoms with van der Waals surface area (Å²) < 4.78 is 0. The number of carbonyl (C=O) groups is 3. The first-order valence-corrected chi connectivity index (χ1v) is 15.4. The van der Waals surface area contributed by atoms with Crippen molar-refractivity contribution in [2.24, 2.45) is 15.0 Å². The Labute approximate surface area is 261 Å². The molecule has 236 valence electrons. The van der Waals surface area contributed by atoms with Crippen LogP contribution in [0.5, 0.6) is 5.75 Å². The Kier molecular flexibility index (Phi) is 15.2. The summed E-state index contributed by atoms with van der Waals surface area (Å²) in [6, 6.07) is 10.1. The summed E-state index contributed by atoms with van der Waals surface area (Å²) in [5.41, 5.74) is 2.62. The number of aliphatic imine (C=N–C) groups is 3. The summed E-state index contributed by atoms with van der Waals surface area (Å²) in [5, 5.41) is 13.4. The minimum Gasteiger partial charge on any atom is -0.507 e. The minimum atomic E-state index is -0.431. The number of hydrogen-bond acceptors (Lipinski definition) is 8. The number of hydrogen-bond donors (Lipinski definition) is 2. The van der Waals surface area contributed by atoms with E-state index in [2.05, 4.69) is 48.0 Å². The normalized spacial score (nSPS) is 17.9. The van der Waals surface area contributed by atoms with E-state index in [0.29, 0.717) is 18.2 Å². The number of benzene rings is 2. The zero-order chi connectivity index (χ0) is 32.5. The van der Waals surface area contributed by atoms with Gasteiger partial charge >= 0.3 is 0 Å². The SMILES string of the molecule is CC.CCC.CCC.O=C1CN(CC/C2=N/C/N=C\C=C/CC(=O)N2c2ccc3c(c2)NCN=C3)C(=O)c2c(O)cccc21. The molecule has 10 nitrogen and oxygen atoms in total. The van der Waals surface area contributed by atoms with Crippen molar-refractivity contribution in [2.75, 3.05) is 36.6 Å². The van der Waals surface area contributed by atoms with Crippen LogP contribution in [0.2, 0.25) is 0 Å². The quantitative estimate of drug-likeness (QED) is 0.413. The fourth-order valence-electron chi connectivity index (χ4n) is 4.38. The molecule has 0 spiro atoms. The molecule has 3 heterocycles. The van der Waals surface area contributed by atoms with Crippen molar-refractivity contribution in [1.29, 1.82) is 0 Å². The third-order valence-electron chi connectivity index (χ3n) is 6.13. The Balaban J connectivity index is 0.000000768. The number of nitrogens with zero attached hydrogens (tertiary/aromatic N) is 5. The molecular weight excluding hydrogens is 556 g/mol. The predicted octanol–water partition coefficient (Wildman–Crippen LogP) is 6.50.